The Labute approximate surface area is 165 Å². The number of nitrogens with zero attached hydrogens (tertiary/aromatic N) is 2. The maximum Gasteiger partial charge on any atom is 0.325 e. The highest BCUT2D eigenvalue weighted by molar-refractivity contribution is 6.06. The molecule has 0 aromatic heterocycles. The summed E-state index contributed by atoms with van der Waals surface area (Å²) in [4.78, 5) is 27.7. The van der Waals surface area contributed by atoms with Gasteiger partial charge in [-0.2, -0.15) is 0 Å². The maximum absolute atomic E-state index is 12.4. The number of carbonyl (C=O) groups is 2. The summed E-state index contributed by atoms with van der Waals surface area (Å²) < 4.78 is 0. The minimum Gasteiger partial charge on any atom is -0.390 e. The van der Waals surface area contributed by atoms with Gasteiger partial charge in [-0.3, -0.25) is 14.6 Å². The Morgan fingerprint density at radius 1 is 0.964 bits per heavy atom. The van der Waals surface area contributed by atoms with Crippen LogP contribution in [0.1, 0.15) is 25.0 Å². The highest BCUT2D eigenvalue weighted by atomic mass is 16.3. The number of amides is 3. The monoisotopic (exact) mass is 381 g/mol. The van der Waals surface area contributed by atoms with Gasteiger partial charge in [-0.1, -0.05) is 60.7 Å². The number of aliphatic hydroxyl groups excluding tert-OH is 1. The van der Waals surface area contributed by atoms with Crippen LogP contribution in [0.4, 0.5) is 4.79 Å². The number of urea groups is 1. The minimum atomic E-state index is -0.926. The molecule has 0 spiro atoms. The Hall–Kier alpha value is -2.70. The summed E-state index contributed by atoms with van der Waals surface area (Å²) in [5.74, 6) is -0.311. The van der Waals surface area contributed by atoms with Crippen molar-refractivity contribution in [2.24, 2.45) is 0 Å². The van der Waals surface area contributed by atoms with Crippen LogP contribution in [0, 0.1) is 0 Å². The number of hydrogen-bond acceptors (Lipinski definition) is 4. The van der Waals surface area contributed by atoms with Gasteiger partial charge in [-0.25, -0.2) is 4.79 Å². The maximum atomic E-state index is 12.4. The second kappa shape index (κ2) is 8.54. The number of carbonyl (C=O) groups excluding carboxylic acids is 2. The second-order valence-corrected chi connectivity index (χ2v) is 7.77. The van der Waals surface area contributed by atoms with Gasteiger partial charge < -0.3 is 10.4 Å². The molecule has 3 amide bonds. The lowest BCUT2D eigenvalue weighted by Crippen LogP contribution is -2.44. The van der Waals surface area contributed by atoms with Crippen molar-refractivity contribution in [1.29, 1.82) is 0 Å². The standard InChI is InChI=1S/C22H27N3O3/c1-22(2)20(27)25(21(28)23-22)16-19(26)15-24(13-17-9-5-3-6-10-17)14-18-11-7-4-8-12-18/h3-12,19,26H,13-16H2,1-2H3,(H,23,28)/t19-/m1/s1. The fourth-order valence-corrected chi connectivity index (χ4v) is 3.42. The average molecular weight is 381 g/mol. The lowest BCUT2D eigenvalue weighted by atomic mass is 10.1. The first-order chi connectivity index (χ1) is 13.3. The molecule has 1 saturated heterocycles. The fraction of sp³-hybridized carbons (Fsp3) is 0.364. The largest absolute Gasteiger partial charge is 0.390 e. The Kier molecular flexibility index (Phi) is 6.11. The topological polar surface area (TPSA) is 72.9 Å². The van der Waals surface area contributed by atoms with Crippen molar-refractivity contribution in [2.75, 3.05) is 13.1 Å². The number of hydrogen-bond donors (Lipinski definition) is 2. The molecular weight excluding hydrogens is 354 g/mol. The van der Waals surface area contributed by atoms with Gasteiger partial charge in [0.15, 0.2) is 0 Å². The van der Waals surface area contributed by atoms with Gasteiger partial charge in [0.05, 0.1) is 12.6 Å². The predicted molar refractivity (Wildman–Crippen MR) is 107 cm³/mol. The molecule has 3 rings (SSSR count). The molecule has 0 bridgehead atoms. The number of β-amino-alcohol motifs (C(OH)–C–C–N with tert-alkyl or cyclic N) is 1. The van der Waals surface area contributed by atoms with Crippen LogP contribution >= 0.6 is 0 Å². The van der Waals surface area contributed by atoms with E-state index in [9.17, 15) is 14.7 Å². The molecule has 1 aliphatic heterocycles. The molecule has 0 unspecified atom stereocenters. The number of benzene rings is 2. The normalized spacial score (nSPS) is 17.1. The highest BCUT2D eigenvalue weighted by Gasteiger charge is 2.44. The predicted octanol–water partition coefficient (Wildman–Crippen LogP) is 2.38. The fourth-order valence-electron chi connectivity index (χ4n) is 3.42. The van der Waals surface area contributed by atoms with E-state index in [1.165, 1.54) is 0 Å². The van der Waals surface area contributed by atoms with Crippen molar-refractivity contribution in [3.05, 3.63) is 71.8 Å². The molecule has 2 aromatic carbocycles. The molecule has 2 aromatic rings. The molecule has 2 N–H and O–H groups in total. The van der Waals surface area contributed by atoms with Crippen LogP contribution in [0.5, 0.6) is 0 Å². The van der Waals surface area contributed by atoms with Crippen LogP contribution in [0.15, 0.2) is 60.7 Å². The van der Waals surface area contributed by atoms with E-state index in [1.807, 2.05) is 60.7 Å². The summed E-state index contributed by atoms with van der Waals surface area (Å²) >= 11 is 0. The molecule has 0 radical (unpaired) electrons. The third-order valence-electron chi connectivity index (χ3n) is 4.80. The number of rotatable bonds is 8. The van der Waals surface area contributed by atoms with E-state index in [1.54, 1.807) is 13.8 Å². The Bertz CT molecular complexity index is 767. The summed E-state index contributed by atoms with van der Waals surface area (Å²) in [6.07, 6.45) is -0.837. The smallest absolute Gasteiger partial charge is 0.325 e. The molecule has 6 nitrogen and oxygen atoms in total. The lowest BCUT2D eigenvalue weighted by molar-refractivity contribution is -0.131. The van der Waals surface area contributed by atoms with Crippen molar-refractivity contribution < 1.29 is 14.7 Å². The van der Waals surface area contributed by atoms with Crippen molar-refractivity contribution in [3.63, 3.8) is 0 Å². The minimum absolute atomic E-state index is 0.0197. The van der Waals surface area contributed by atoms with E-state index >= 15 is 0 Å². The third kappa shape index (κ3) is 4.97. The van der Waals surface area contributed by atoms with E-state index in [0.717, 1.165) is 16.0 Å². The molecule has 0 saturated carbocycles. The SMILES string of the molecule is CC1(C)NC(=O)N(C[C@H](O)CN(Cc2ccccc2)Cc2ccccc2)C1=O. The van der Waals surface area contributed by atoms with Crippen LogP contribution in [0.25, 0.3) is 0 Å². The van der Waals surface area contributed by atoms with Gasteiger partial charge in [0.1, 0.15) is 5.54 Å². The molecule has 1 aliphatic rings. The van der Waals surface area contributed by atoms with Crippen molar-refractivity contribution in [3.8, 4) is 0 Å². The summed E-state index contributed by atoms with van der Waals surface area (Å²) in [7, 11) is 0. The molecule has 28 heavy (non-hydrogen) atoms. The number of aliphatic hydroxyl groups is 1. The van der Waals surface area contributed by atoms with Gasteiger partial charge >= 0.3 is 6.03 Å². The van der Waals surface area contributed by atoms with Crippen LogP contribution < -0.4 is 5.32 Å². The van der Waals surface area contributed by atoms with Gasteiger partial charge in [0, 0.05) is 19.6 Å². The first-order valence-corrected chi connectivity index (χ1v) is 9.47. The van der Waals surface area contributed by atoms with E-state index in [4.69, 9.17) is 0 Å². The molecule has 1 fully saturated rings. The average Bonchev–Trinajstić information content (AvgIpc) is 2.85. The number of nitrogens with one attached hydrogen (secondary N) is 1. The Balaban J connectivity index is 1.67. The van der Waals surface area contributed by atoms with Gasteiger partial charge in [-0.15, -0.1) is 0 Å². The summed E-state index contributed by atoms with van der Waals surface area (Å²) in [6, 6.07) is 19.6. The zero-order valence-electron chi connectivity index (χ0n) is 16.3. The Morgan fingerprint density at radius 2 is 1.46 bits per heavy atom. The highest BCUT2D eigenvalue weighted by Crippen LogP contribution is 2.17. The second-order valence-electron chi connectivity index (χ2n) is 7.77. The zero-order valence-corrected chi connectivity index (χ0v) is 16.3. The number of imide groups is 1. The quantitative estimate of drug-likeness (QED) is 0.689. The van der Waals surface area contributed by atoms with Crippen molar-refractivity contribution in [2.45, 2.75) is 38.6 Å². The molecule has 0 aliphatic carbocycles. The van der Waals surface area contributed by atoms with E-state index in [-0.39, 0.29) is 12.5 Å². The van der Waals surface area contributed by atoms with Crippen LogP contribution in [-0.2, 0) is 17.9 Å². The first-order valence-electron chi connectivity index (χ1n) is 9.47. The van der Waals surface area contributed by atoms with Gasteiger partial charge in [-0.05, 0) is 25.0 Å². The third-order valence-corrected chi connectivity index (χ3v) is 4.80. The Morgan fingerprint density at radius 3 is 1.89 bits per heavy atom. The molecule has 148 valence electrons. The van der Waals surface area contributed by atoms with Crippen LogP contribution in [0.2, 0.25) is 0 Å². The molecule has 1 atom stereocenters. The summed E-state index contributed by atoms with van der Waals surface area (Å²) in [6.45, 7) is 4.99. The van der Waals surface area contributed by atoms with Gasteiger partial charge in [0.25, 0.3) is 5.91 Å². The summed E-state index contributed by atoms with van der Waals surface area (Å²) in [5.41, 5.74) is 1.36. The van der Waals surface area contributed by atoms with E-state index in [0.29, 0.717) is 19.6 Å². The van der Waals surface area contributed by atoms with Crippen molar-refractivity contribution in [1.82, 2.24) is 15.1 Å². The zero-order chi connectivity index (χ0) is 20.1. The molecule has 1 heterocycles. The molecule has 6 heteroatoms. The molecular formula is C22H27N3O3. The van der Waals surface area contributed by atoms with E-state index < -0.39 is 17.7 Å². The van der Waals surface area contributed by atoms with Crippen LogP contribution in [-0.4, -0.2) is 51.6 Å². The van der Waals surface area contributed by atoms with Gasteiger partial charge in [0.2, 0.25) is 0 Å². The van der Waals surface area contributed by atoms with Crippen LogP contribution in [0.3, 0.4) is 0 Å². The summed E-state index contributed by atoms with van der Waals surface area (Å²) in [5, 5.41) is 13.3. The van der Waals surface area contributed by atoms with E-state index in [2.05, 4.69) is 10.2 Å². The lowest BCUT2D eigenvalue weighted by Gasteiger charge is -2.27. The first kappa shape index (κ1) is 20.0. The van der Waals surface area contributed by atoms with Crippen molar-refractivity contribution >= 4 is 11.9 Å².